The molecule has 0 aliphatic rings. The van der Waals surface area contributed by atoms with E-state index >= 15 is 0 Å². The third-order valence-electron chi connectivity index (χ3n) is 4.13. The van der Waals surface area contributed by atoms with Crippen LogP contribution in [0.15, 0.2) is 59.5 Å². The number of carbonyl (C=O) groups excluding carboxylic acids is 1. The van der Waals surface area contributed by atoms with Gasteiger partial charge in [-0.2, -0.15) is 5.10 Å². The van der Waals surface area contributed by atoms with Crippen molar-refractivity contribution in [3.63, 3.8) is 0 Å². The zero-order valence-corrected chi connectivity index (χ0v) is 15.0. The van der Waals surface area contributed by atoms with E-state index in [2.05, 4.69) is 15.1 Å². The van der Waals surface area contributed by atoms with Gasteiger partial charge in [0, 0.05) is 12.2 Å². The average molecular weight is 362 g/mol. The van der Waals surface area contributed by atoms with Crippen LogP contribution in [0.3, 0.4) is 0 Å². The zero-order valence-electron chi connectivity index (χ0n) is 15.0. The molecule has 7 heteroatoms. The predicted molar refractivity (Wildman–Crippen MR) is 99.0 cm³/mol. The second kappa shape index (κ2) is 7.03. The number of nitrogens with zero attached hydrogens (tertiary/aromatic N) is 4. The molecule has 0 aliphatic heterocycles. The quantitative estimate of drug-likeness (QED) is 0.499. The number of ether oxygens (including phenoxy) is 1. The van der Waals surface area contributed by atoms with Gasteiger partial charge in [0.1, 0.15) is 12.3 Å². The lowest BCUT2D eigenvalue weighted by atomic mass is 10.1. The lowest BCUT2D eigenvalue weighted by molar-refractivity contribution is 0.0470. The molecule has 136 valence electrons. The summed E-state index contributed by atoms with van der Waals surface area (Å²) in [4.78, 5) is 21.6. The Morgan fingerprint density at radius 3 is 2.85 bits per heavy atom. The van der Waals surface area contributed by atoms with E-state index < -0.39 is 5.97 Å². The molecule has 7 nitrogen and oxygen atoms in total. The fourth-order valence-electron chi connectivity index (χ4n) is 2.82. The molecule has 4 aromatic heterocycles. The molecule has 0 atom stereocenters. The fourth-order valence-corrected chi connectivity index (χ4v) is 2.82. The molecule has 0 N–H and O–H groups in total. The Hall–Kier alpha value is -3.48. The first-order valence-electron chi connectivity index (χ1n) is 8.62. The number of furan rings is 1. The Labute approximate surface area is 155 Å². The molecule has 27 heavy (non-hydrogen) atoms. The molecule has 4 rings (SSSR count). The summed E-state index contributed by atoms with van der Waals surface area (Å²) in [6, 6.07) is 10.8. The van der Waals surface area contributed by atoms with Crippen LogP contribution in [-0.4, -0.2) is 25.7 Å². The second-order valence-corrected chi connectivity index (χ2v) is 6.35. The maximum Gasteiger partial charge on any atom is 0.339 e. The van der Waals surface area contributed by atoms with Crippen LogP contribution in [0.25, 0.3) is 22.5 Å². The minimum Gasteiger partial charge on any atom is -0.463 e. The van der Waals surface area contributed by atoms with E-state index in [4.69, 9.17) is 9.15 Å². The monoisotopic (exact) mass is 362 g/mol. The van der Waals surface area contributed by atoms with Gasteiger partial charge >= 0.3 is 5.97 Å². The highest BCUT2D eigenvalue weighted by molar-refractivity contribution is 6.03. The van der Waals surface area contributed by atoms with E-state index in [0.29, 0.717) is 33.7 Å². The molecule has 0 saturated carbocycles. The molecule has 0 spiro atoms. The molecule has 0 saturated heterocycles. The lowest BCUT2D eigenvalue weighted by Gasteiger charge is -2.10. The van der Waals surface area contributed by atoms with Gasteiger partial charge in [-0.1, -0.05) is 6.07 Å². The van der Waals surface area contributed by atoms with Crippen LogP contribution < -0.4 is 0 Å². The van der Waals surface area contributed by atoms with Crippen molar-refractivity contribution < 1.29 is 13.9 Å². The molecule has 0 fully saturated rings. The molecular formula is C20H18N4O3. The number of pyridine rings is 2. The van der Waals surface area contributed by atoms with E-state index in [0.717, 1.165) is 0 Å². The highest BCUT2D eigenvalue weighted by atomic mass is 16.5. The summed E-state index contributed by atoms with van der Waals surface area (Å²) in [5.74, 6) is 0.122. The van der Waals surface area contributed by atoms with Crippen molar-refractivity contribution in [3.05, 3.63) is 66.3 Å². The molecular weight excluding hydrogens is 344 g/mol. The highest BCUT2D eigenvalue weighted by Crippen LogP contribution is 2.27. The van der Waals surface area contributed by atoms with Crippen LogP contribution in [-0.2, 0) is 11.3 Å². The summed E-state index contributed by atoms with van der Waals surface area (Å²) < 4.78 is 12.7. The first-order valence-corrected chi connectivity index (χ1v) is 8.62. The summed E-state index contributed by atoms with van der Waals surface area (Å²) >= 11 is 0. The highest BCUT2D eigenvalue weighted by Gasteiger charge is 2.20. The summed E-state index contributed by atoms with van der Waals surface area (Å²) in [6.45, 7) is 4.11. The third-order valence-corrected chi connectivity index (χ3v) is 4.13. The van der Waals surface area contributed by atoms with E-state index in [1.165, 1.54) is 0 Å². The van der Waals surface area contributed by atoms with Crippen molar-refractivity contribution in [1.82, 2.24) is 19.7 Å². The van der Waals surface area contributed by atoms with E-state index in [1.54, 1.807) is 47.6 Å². The van der Waals surface area contributed by atoms with Gasteiger partial charge in [0.05, 0.1) is 29.1 Å². The van der Waals surface area contributed by atoms with Gasteiger partial charge in [-0.3, -0.25) is 4.98 Å². The van der Waals surface area contributed by atoms with Crippen molar-refractivity contribution in [3.8, 4) is 11.5 Å². The van der Waals surface area contributed by atoms with Crippen molar-refractivity contribution in [2.45, 2.75) is 26.5 Å². The predicted octanol–water partition coefficient (Wildman–Crippen LogP) is 4.02. The van der Waals surface area contributed by atoms with Crippen LogP contribution in [0.2, 0.25) is 0 Å². The fraction of sp³-hybridized carbons (Fsp3) is 0.200. The molecule has 0 aromatic carbocycles. The van der Waals surface area contributed by atoms with Crippen LogP contribution in [0.4, 0.5) is 0 Å². The largest absolute Gasteiger partial charge is 0.463 e. The van der Waals surface area contributed by atoms with Crippen molar-refractivity contribution in [2.24, 2.45) is 0 Å². The summed E-state index contributed by atoms with van der Waals surface area (Å²) in [5.41, 5.74) is 2.25. The average Bonchev–Trinajstić information content (AvgIpc) is 3.35. The van der Waals surface area contributed by atoms with E-state index in [9.17, 15) is 4.79 Å². The standard InChI is InChI=1S/C20H18N4O3/c1-13(2)24-19-16(11-22-24)15(10-17(23-19)18-7-5-9-26-18)20(25)27-12-14-6-3-4-8-21-14/h3-11,13H,12H2,1-2H3. The van der Waals surface area contributed by atoms with Crippen molar-refractivity contribution in [2.75, 3.05) is 0 Å². The number of fused-ring (bicyclic) bond motifs is 1. The van der Waals surface area contributed by atoms with Gasteiger partial charge in [0.25, 0.3) is 0 Å². The van der Waals surface area contributed by atoms with Crippen molar-refractivity contribution >= 4 is 17.0 Å². The van der Waals surface area contributed by atoms with Crippen LogP contribution in [0.5, 0.6) is 0 Å². The molecule has 4 heterocycles. The number of hydrogen-bond donors (Lipinski definition) is 0. The van der Waals surface area contributed by atoms with E-state index in [1.807, 2.05) is 26.0 Å². The van der Waals surface area contributed by atoms with Gasteiger partial charge in [-0.05, 0) is 44.2 Å². The number of carbonyl (C=O) groups is 1. The Kier molecular flexibility index (Phi) is 4.42. The van der Waals surface area contributed by atoms with Gasteiger partial charge in [0.15, 0.2) is 11.4 Å². The normalized spacial score (nSPS) is 11.2. The SMILES string of the molecule is CC(C)n1ncc2c(C(=O)OCc3ccccn3)cc(-c3ccco3)nc21. The molecule has 4 aromatic rings. The lowest BCUT2D eigenvalue weighted by Crippen LogP contribution is -2.09. The van der Waals surface area contributed by atoms with Crippen LogP contribution in [0, 0.1) is 0 Å². The van der Waals surface area contributed by atoms with Gasteiger partial charge in [0.2, 0.25) is 0 Å². The number of hydrogen-bond acceptors (Lipinski definition) is 6. The molecule has 0 amide bonds. The van der Waals surface area contributed by atoms with Crippen LogP contribution in [0.1, 0.15) is 35.9 Å². The summed E-state index contributed by atoms with van der Waals surface area (Å²) in [6.07, 6.45) is 4.88. The first-order chi connectivity index (χ1) is 13.1. The van der Waals surface area contributed by atoms with Crippen LogP contribution >= 0.6 is 0 Å². The Bertz CT molecular complexity index is 1070. The number of aromatic nitrogens is 4. The minimum atomic E-state index is -0.454. The maximum atomic E-state index is 12.8. The smallest absolute Gasteiger partial charge is 0.339 e. The van der Waals surface area contributed by atoms with E-state index in [-0.39, 0.29) is 12.6 Å². The van der Waals surface area contributed by atoms with Crippen molar-refractivity contribution in [1.29, 1.82) is 0 Å². The third kappa shape index (κ3) is 3.31. The molecule has 0 bridgehead atoms. The number of esters is 1. The number of rotatable bonds is 5. The Balaban J connectivity index is 1.75. The summed E-state index contributed by atoms with van der Waals surface area (Å²) in [7, 11) is 0. The van der Waals surface area contributed by atoms with Gasteiger partial charge < -0.3 is 9.15 Å². The Morgan fingerprint density at radius 2 is 2.15 bits per heavy atom. The second-order valence-electron chi connectivity index (χ2n) is 6.35. The zero-order chi connectivity index (χ0) is 18.8. The summed E-state index contributed by atoms with van der Waals surface area (Å²) in [5, 5.41) is 5.03. The Morgan fingerprint density at radius 1 is 1.26 bits per heavy atom. The van der Waals surface area contributed by atoms with Gasteiger partial charge in [-0.15, -0.1) is 0 Å². The minimum absolute atomic E-state index is 0.0951. The maximum absolute atomic E-state index is 12.8. The molecule has 0 unspecified atom stereocenters. The molecule has 0 radical (unpaired) electrons. The first kappa shape index (κ1) is 17.0. The molecule has 0 aliphatic carbocycles. The topological polar surface area (TPSA) is 83.0 Å². The van der Waals surface area contributed by atoms with Gasteiger partial charge in [-0.25, -0.2) is 14.5 Å².